The highest BCUT2D eigenvalue weighted by molar-refractivity contribution is 6.07. The quantitative estimate of drug-likeness (QED) is 0.508. The minimum absolute atomic E-state index is 0.00473. The predicted molar refractivity (Wildman–Crippen MR) is 72.9 cm³/mol. The number of esters is 1. The summed E-state index contributed by atoms with van der Waals surface area (Å²) < 4.78 is 4.46. The van der Waals surface area contributed by atoms with E-state index in [9.17, 15) is 19.8 Å². The molecule has 104 valence electrons. The third-order valence-electron chi connectivity index (χ3n) is 3.08. The number of carbonyl (C=O) groups is 2. The van der Waals surface area contributed by atoms with Crippen LogP contribution in [0.25, 0.3) is 10.8 Å². The number of carbonyl (C=O) groups excluding carboxylic acids is 2. The van der Waals surface area contributed by atoms with Gasteiger partial charge in [0.2, 0.25) is 0 Å². The number of hydrogen-bond donors (Lipinski definition) is 2. The van der Waals surface area contributed by atoms with E-state index in [0.29, 0.717) is 10.8 Å². The number of benzene rings is 2. The average Bonchev–Trinajstić information content (AvgIpc) is 2.48. The van der Waals surface area contributed by atoms with Crippen molar-refractivity contribution in [2.75, 3.05) is 7.11 Å². The first-order valence-electron chi connectivity index (χ1n) is 6.08. The predicted octanol–water partition coefficient (Wildman–Crippen LogP) is 2.39. The molecule has 5 heteroatoms. The number of phenolic OH excluding ortho intramolecular Hbond substituents is 2. The van der Waals surface area contributed by atoms with Crippen molar-refractivity contribution in [1.82, 2.24) is 0 Å². The van der Waals surface area contributed by atoms with Crippen LogP contribution in [0.5, 0.6) is 11.5 Å². The van der Waals surface area contributed by atoms with Crippen LogP contribution in [-0.4, -0.2) is 29.1 Å². The third-order valence-corrected chi connectivity index (χ3v) is 3.08. The lowest BCUT2D eigenvalue weighted by atomic mass is 9.99. The van der Waals surface area contributed by atoms with Crippen LogP contribution in [0.3, 0.4) is 0 Å². The lowest BCUT2D eigenvalue weighted by molar-refractivity contribution is -0.140. The smallest absolute Gasteiger partial charge is 0.305 e. The van der Waals surface area contributed by atoms with Crippen molar-refractivity contribution in [2.24, 2.45) is 0 Å². The van der Waals surface area contributed by atoms with Gasteiger partial charge in [-0.2, -0.15) is 0 Å². The Labute approximate surface area is 115 Å². The Hall–Kier alpha value is -2.56. The monoisotopic (exact) mass is 274 g/mol. The molecule has 0 aliphatic rings. The zero-order valence-corrected chi connectivity index (χ0v) is 10.9. The summed E-state index contributed by atoms with van der Waals surface area (Å²) in [5.74, 6) is -1.19. The van der Waals surface area contributed by atoms with Crippen LogP contribution in [0.1, 0.15) is 23.2 Å². The van der Waals surface area contributed by atoms with E-state index in [0.717, 1.165) is 0 Å². The van der Waals surface area contributed by atoms with Gasteiger partial charge in [0.05, 0.1) is 19.1 Å². The molecule has 2 rings (SSSR count). The molecule has 0 spiro atoms. The zero-order valence-electron chi connectivity index (χ0n) is 10.9. The van der Waals surface area contributed by atoms with E-state index in [-0.39, 0.29) is 29.9 Å². The molecule has 2 N–H and O–H groups in total. The maximum Gasteiger partial charge on any atom is 0.305 e. The zero-order chi connectivity index (χ0) is 14.7. The summed E-state index contributed by atoms with van der Waals surface area (Å²) in [6, 6.07) is 7.90. The van der Waals surface area contributed by atoms with Gasteiger partial charge in [-0.1, -0.05) is 24.3 Å². The SMILES string of the molecule is COC(=O)CCC(=O)c1cc(O)c2ccccc2c1O. The molecule has 0 saturated heterocycles. The Morgan fingerprint density at radius 2 is 1.75 bits per heavy atom. The van der Waals surface area contributed by atoms with Gasteiger partial charge >= 0.3 is 5.97 Å². The number of aromatic hydroxyl groups is 2. The van der Waals surface area contributed by atoms with E-state index in [4.69, 9.17) is 0 Å². The summed E-state index contributed by atoms with van der Waals surface area (Å²) in [6.07, 6.45) is -0.152. The van der Waals surface area contributed by atoms with Crippen molar-refractivity contribution < 1.29 is 24.5 Å². The van der Waals surface area contributed by atoms with Crippen LogP contribution < -0.4 is 0 Å². The molecular formula is C15H14O5. The number of methoxy groups -OCH3 is 1. The van der Waals surface area contributed by atoms with Crippen molar-refractivity contribution in [3.05, 3.63) is 35.9 Å². The first-order chi connectivity index (χ1) is 9.54. The van der Waals surface area contributed by atoms with Crippen molar-refractivity contribution in [3.8, 4) is 11.5 Å². The third kappa shape index (κ3) is 2.56. The average molecular weight is 274 g/mol. The maximum absolute atomic E-state index is 12.0. The van der Waals surface area contributed by atoms with Crippen molar-refractivity contribution in [3.63, 3.8) is 0 Å². The number of rotatable bonds is 4. The van der Waals surface area contributed by atoms with E-state index < -0.39 is 11.8 Å². The minimum atomic E-state index is -0.497. The molecule has 20 heavy (non-hydrogen) atoms. The highest BCUT2D eigenvalue weighted by Gasteiger charge is 2.17. The number of ether oxygens (including phenoxy) is 1. The lowest BCUT2D eigenvalue weighted by Gasteiger charge is -2.09. The number of fused-ring (bicyclic) bond motifs is 1. The molecule has 0 aliphatic carbocycles. The van der Waals surface area contributed by atoms with Crippen LogP contribution in [-0.2, 0) is 9.53 Å². The fourth-order valence-corrected chi connectivity index (χ4v) is 2.01. The molecule has 0 heterocycles. The first kappa shape index (κ1) is 13.9. The molecular weight excluding hydrogens is 260 g/mol. The van der Waals surface area contributed by atoms with E-state index in [1.165, 1.54) is 13.2 Å². The van der Waals surface area contributed by atoms with Gasteiger partial charge in [0.25, 0.3) is 0 Å². The number of phenols is 2. The fraction of sp³-hybridized carbons (Fsp3) is 0.200. The van der Waals surface area contributed by atoms with E-state index in [1.54, 1.807) is 24.3 Å². The second-order valence-electron chi connectivity index (χ2n) is 4.34. The summed E-state index contributed by atoms with van der Waals surface area (Å²) in [5.41, 5.74) is 0.00473. The molecule has 0 saturated carbocycles. The van der Waals surface area contributed by atoms with Crippen LogP contribution in [0.15, 0.2) is 30.3 Å². The van der Waals surface area contributed by atoms with Gasteiger partial charge in [0.15, 0.2) is 5.78 Å². The minimum Gasteiger partial charge on any atom is -0.507 e. The van der Waals surface area contributed by atoms with Crippen LogP contribution in [0.4, 0.5) is 0 Å². The summed E-state index contributed by atoms with van der Waals surface area (Å²) in [6.45, 7) is 0. The molecule has 5 nitrogen and oxygen atoms in total. The Bertz CT molecular complexity index is 675. The second kappa shape index (κ2) is 5.61. The van der Waals surface area contributed by atoms with Crippen LogP contribution in [0.2, 0.25) is 0 Å². The highest BCUT2D eigenvalue weighted by atomic mass is 16.5. The Kier molecular flexibility index (Phi) is 3.89. The second-order valence-corrected chi connectivity index (χ2v) is 4.34. The Balaban J connectivity index is 2.37. The van der Waals surface area contributed by atoms with Gasteiger partial charge < -0.3 is 14.9 Å². The number of Topliss-reactive ketones (excluding diaryl/α,β-unsaturated/α-hetero) is 1. The highest BCUT2D eigenvalue weighted by Crippen LogP contribution is 2.35. The van der Waals surface area contributed by atoms with Gasteiger partial charge in [-0.05, 0) is 6.07 Å². The maximum atomic E-state index is 12.0. The standard InChI is InChI=1S/C15H14O5/c1-20-14(18)7-6-12(16)11-8-13(17)9-4-2-3-5-10(9)15(11)19/h2-5,8,17,19H,6-7H2,1H3. The van der Waals surface area contributed by atoms with Gasteiger partial charge in [0, 0.05) is 17.2 Å². The van der Waals surface area contributed by atoms with E-state index in [1.807, 2.05) is 0 Å². The van der Waals surface area contributed by atoms with Gasteiger partial charge in [0.1, 0.15) is 11.5 Å². The first-order valence-corrected chi connectivity index (χ1v) is 6.08. The van der Waals surface area contributed by atoms with Crippen molar-refractivity contribution >= 4 is 22.5 Å². The Morgan fingerprint density at radius 3 is 2.40 bits per heavy atom. The molecule has 0 radical (unpaired) electrons. The summed E-state index contributed by atoms with van der Waals surface area (Å²) >= 11 is 0. The molecule has 0 unspecified atom stereocenters. The number of hydrogen-bond acceptors (Lipinski definition) is 5. The molecule has 0 atom stereocenters. The van der Waals surface area contributed by atoms with Gasteiger partial charge in [-0.15, -0.1) is 0 Å². The molecule has 0 fully saturated rings. The lowest BCUT2D eigenvalue weighted by Crippen LogP contribution is -2.06. The van der Waals surface area contributed by atoms with Crippen LogP contribution in [0, 0.1) is 0 Å². The van der Waals surface area contributed by atoms with Crippen molar-refractivity contribution in [2.45, 2.75) is 12.8 Å². The largest absolute Gasteiger partial charge is 0.507 e. The number of ketones is 1. The van der Waals surface area contributed by atoms with Gasteiger partial charge in [-0.3, -0.25) is 9.59 Å². The topological polar surface area (TPSA) is 83.8 Å². The van der Waals surface area contributed by atoms with E-state index >= 15 is 0 Å². The summed E-state index contributed by atoms with van der Waals surface area (Å²) in [4.78, 5) is 23.0. The van der Waals surface area contributed by atoms with Crippen molar-refractivity contribution in [1.29, 1.82) is 0 Å². The molecule has 0 aliphatic heterocycles. The molecule has 0 aromatic heterocycles. The Morgan fingerprint density at radius 1 is 1.10 bits per heavy atom. The molecule has 2 aromatic carbocycles. The van der Waals surface area contributed by atoms with Crippen LogP contribution >= 0.6 is 0 Å². The fourth-order valence-electron chi connectivity index (χ4n) is 2.01. The molecule has 2 aromatic rings. The molecule has 0 amide bonds. The normalized spacial score (nSPS) is 10.4. The van der Waals surface area contributed by atoms with E-state index in [2.05, 4.69) is 4.74 Å². The summed E-state index contributed by atoms with van der Waals surface area (Å²) in [7, 11) is 1.24. The molecule has 0 bridgehead atoms. The summed E-state index contributed by atoms with van der Waals surface area (Å²) in [5, 5.41) is 20.9. The van der Waals surface area contributed by atoms with Gasteiger partial charge in [-0.25, -0.2) is 0 Å².